The Kier molecular flexibility index (Phi) is 6.80. The summed E-state index contributed by atoms with van der Waals surface area (Å²) in [5.74, 6) is 1.09. The highest BCUT2D eigenvalue weighted by Crippen LogP contribution is 2.49. The molecule has 3 aromatic carbocycles. The van der Waals surface area contributed by atoms with Gasteiger partial charge < -0.3 is 9.64 Å². The number of benzene rings is 3. The summed E-state index contributed by atoms with van der Waals surface area (Å²) in [6.45, 7) is 1.17. The summed E-state index contributed by atoms with van der Waals surface area (Å²) >= 11 is 0. The first-order valence-electron chi connectivity index (χ1n) is 11.9. The predicted octanol–water partition coefficient (Wildman–Crippen LogP) is 5.99. The third-order valence-electron chi connectivity index (χ3n) is 7.07. The zero-order chi connectivity index (χ0) is 24.2. The van der Waals surface area contributed by atoms with Crippen LogP contribution in [0.3, 0.4) is 0 Å². The molecular formula is C28H28FN5O. The number of methoxy groups -OCH3 is 1. The van der Waals surface area contributed by atoms with Gasteiger partial charge in [-0.1, -0.05) is 77.9 Å². The minimum Gasteiger partial charge on any atom is -0.376 e. The van der Waals surface area contributed by atoms with Crippen molar-refractivity contribution in [2.45, 2.75) is 18.2 Å². The standard InChI is InChI=1S/C28H28FN5O/c1-35-28(25(16-29)32-33-30)21-12-14-22(15-13-21)34-17-23-24(18-34)27(23)31-26(19-8-4-2-5-9-19)20-10-6-3-7-11-20/h2-15,23-25,27-28H,16-18H2,1H3/t23-,24?,25-,27?,28-/m1/s1. The number of azide groups is 1. The van der Waals surface area contributed by atoms with Crippen LogP contribution >= 0.6 is 0 Å². The fourth-order valence-electron chi connectivity index (χ4n) is 5.18. The molecule has 1 aliphatic heterocycles. The summed E-state index contributed by atoms with van der Waals surface area (Å²) in [6, 6.07) is 28.2. The number of aliphatic imine (C=N–C) groups is 1. The largest absolute Gasteiger partial charge is 0.376 e. The van der Waals surface area contributed by atoms with Crippen molar-refractivity contribution in [3.63, 3.8) is 0 Å². The summed E-state index contributed by atoms with van der Waals surface area (Å²) in [5, 5.41) is 3.54. The van der Waals surface area contributed by atoms with Gasteiger partial charge in [-0.25, -0.2) is 0 Å². The zero-order valence-electron chi connectivity index (χ0n) is 19.6. The van der Waals surface area contributed by atoms with E-state index in [4.69, 9.17) is 15.3 Å². The van der Waals surface area contributed by atoms with E-state index in [1.165, 1.54) is 7.11 Å². The fraction of sp³-hybridized carbons (Fsp3) is 0.321. The molecule has 0 aromatic heterocycles. The van der Waals surface area contributed by atoms with Gasteiger partial charge >= 0.3 is 0 Å². The number of alkyl halides is 1. The molecule has 5 rings (SSSR count). The van der Waals surface area contributed by atoms with Crippen molar-refractivity contribution in [2.75, 3.05) is 31.8 Å². The average molecular weight is 470 g/mol. The first-order valence-corrected chi connectivity index (χ1v) is 11.9. The maximum Gasteiger partial charge on any atom is 0.101 e. The monoisotopic (exact) mass is 469 g/mol. The SMILES string of the molecule is CO[C@H](c1ccc(N2CC3C(N=C(c4ccccc4)c4ccccc4)[C@@H]3C2)cc1)[C@@H](CF)N=[N+]=[N-]. The highest BCUT2D eigenvalue weighted by Gasteiger charge is 2.56. The highest BCUT2D eigenvalue weighted by molar-refractivity contribution is 6.13. The first-order chi connectivity index (χ1) is 17.2. The molecule has 2 unspecified atom stereocenters. The highest BCUT2D eigenvalue weighted by atomic mass is 19.1. The third kappa shape index (κ3) is 4.78. The summed E-state index contributed by atoms with van der Waals surface area (Å²) in [6.07, 6.45) is -0.606. The van der Waals surface area contributed by atoms with Crippen molar-refractivity contribution < 1.29 is 9.13 Å². The van der Waals surface area contributed by atoms with Crippen molar-refractivity contribution in [3.8, 4) is 0 Å². The number of hydrogen-bond donors (Lipinski definition) is 0. The second-order valence-corrected chi connectivity index (χ2v) is 9.11. The minimum atomic E-state index is -0.877. The number of rotatable bonds is 9. The van der Waals surface area contributed by atoms with Gasteiger partial charge in [0.15, 0.2) is 0 Å². The quantitative estimate of drug-likeness (QED) is 0.167. The van der Waals surface area contributed by atoms with E-state index in [9.17, 15) is 4.39 Å². The Hall–Kier alpha value is -3.67. The predicted molar refractivity (Wildman–Crippen MR) is 137 cm³/mol. The zero-order valence-corrected chi connectivity index (χ0v) is 19.6. The van der Waals surface area contributed by atoms with Gasteiger partial charge in [0.25, 0.3) is 0 Å². The lowest BCUT2D eigenvalue weighted by Crippen LogP contribution is -2.25. The molecule has 6 nitrogen and oxygen atoms in total. The summed E-state index contributed by atoms with van der Waals surface area (Å²) in [7, 11) is 1.50. The van der Waals surface area contributed by atoms with Crippen molar-refractivity contribution in [3.05, 3.63) is 112 Å². The Balaban J connectivity index is 1.28. The van der Waals surface area contributed by atoms with Gasteiger partial charge in [-0.15, -0.1) is 0 Å². The maximum absolute atomic E-state index is 13.3. The second kappa shape index (κ2) is 10.3. The van der Waals surface area contributed by atoms with E-state index < -0.39 is 18.8 Å². The van der Waals surface area contributed by atoms with Crippen molar-refractivity contribution >= 4 is 11.4 Å². The molecule has 3 aromatic rings. The third-order valence-corrected chi connectivity index (χ3v) is 7.07. The minimum absolute atomic E-state index is 0.341. The maximum atomic E-state index is 13.3. The molecule has 0 amide bonds. The molecule has 1 saturated heterocycles. The number of halogens is 1. The van der Waals surface area contributed by atoms with Crippen LogP contribution < -0.4 is 4.90 Å². The Bertz CT molecular complexity index is 1160. The van der Waals surface area contributed by atoms with Crippen LogP contribution in [0.1, 0.15) is 22.8 Å². The van der Waals surface area contributed by atoms with Gasteiger partial charge in [-0.3, -0.25) is 9.38 Å². The summed E-state index contributed by atoms with van der Waals surface area (Å²) in [5.41, 5.74) is 14.0. The van der Waals surface area contributed by atoms with E-state index >= 15 is 0 Å². The molecule has 0 bridgehead atoms. The number of ether oxygens (including phenoxy) is 1. The van der Waals surface area contributed by atoms with Crippen molar-refractivity contribution in [1.29, 1.82) is 0 Å². The number of nitrogens with zero attached hydrogens (tertiary/aromatic N) is 5. The average Bonchev–Trinajstić information content (AvgIpc) is 3.35. The van der Waals surface area contributed by atoms with Crippen molar-refractivity contribution in [2.24, 2.45) is 21.9 Å². The molecule has 178 valence electrons. The molecule has 5 atom stereocenters. The molecule has 2 aliphatic rings. The Morgan fingerprint density at radius 2 is 1.54 bits per heavy atom. The molecule has 1 saturated carbocycles. The van der Waals surface area contributed by atoms with Crippen LogP contribution in [-0.4, -0.2) is 44.7 Å². The fourth-order valence-corrected chi connectivity index (χ4v) is 5.18. The summed E-state index contributed by atoms with van der Waals surface area (Å²) < 4.78 is 18.7. The Morgan fingerprint density at radius 3 is 2.03 bits per heavy atom. The lowest BCUT2D eigenvalue weighted by Gasteiger charge is -2.24. The molecule has 7 heteroatoms. The number of fused-ring (bicyclic) bond motifs is 1. The van der Waals surface area contributed by atoms with Crippen LogP contribution in [0.2, 0.25) is 0 Å². The molecule has 1 aliphatic carbocycles. The topological polar surface area (TPSA) is 73.6 Å². The van der Waals surface area contributed by atoms with Gasteiger partial charge in [0.2, 0.25) is 0 Å². The Labute approximate surface area is 204 Å². The van der Waals surface area contributed by atoms with E-state index in [0.717, 1.165) is 41.2 Å². The van der Waals surface area contributed by atoms with E-state index in [1.807, 2.05) is 36.4 Å². The van der Waals surface area contributed by atoms with Crippen LogP contribution in [0.25, 0.3) is 10.4 Å². The molecular weight excluding hydrogens is 441 g/mol. The molecule has 2 fully saturated rings. The van der Waals surface area contributed by atoms with Gasteiger partial charge in [0.05, 0.1) is 23.9 Å². The molecule has 1 heterocycles. The van der Waals surface area contributed by atoms with Crippen LogP contribution in [0.4, 0.5) is 10.1 Å². The lowest BCUT2D eigenvalue weighted by molar-refractivity contribution is 0.0722. The smallest absolute Gasteiger partial charge is 0.101 e. The van der Waals surface area contributed by atoms with Crippen LogP contribution in [-0.2, 0) is 4.74 Å². The normalized spacial score (nSPS) is 22.0. The molecule has 0 radical (unpaired) electrons. The number of anilines is 1. The number of hydrogen-bond acceptors (Lipinski definition) is 4. The van der Waals surface area contributed by atoms with Gasteiger partial charge in [-0.2, -0.15) is 0 Å². The van der Waals surface area contributed by atoms with Crippen molar-refractivity contribution in [1.82, 2.24) is 0 Å². The van der Waals surface area contributed by atoms with Gasteiger partial charge in [0, 0.05) is 53.8 Å². The molecule has 0 N–H and O–H groups in total. The second-order valence-electron chi connectivity index (χ2n) is 9.11. The lowest BCUT2D eigenvalue weighted by atomic mass is 10.0. The Morgan fingerprint density at radius 1 is 0.971 bits per heavy atom. The van der Waals surface area contributed by atoms with E-state index in [1.54, 1.807) is 0 Å². The summed E-state index contributed by atoms with van der Waals surface area (Å²) in [4.78, 5) is 10.4. The van der Waals surface area contributed by atoms with Crippen LogP contribution in [0.15, 0.2) is 95.0 Å². The van der Waals surface area contributed by atoms with Gasteiger partial charge in [-0.05, 0) is 23.2 Å². The van der Waals surface area contributed by atoms with E-state index in [2.05, 4.69) is 63.5 Å². The molecule has 35 heavy (non-hydrogen) atoms. The number of piperidine rings is 1. The van der Waals surface area contributed by atoms with Crippen LogP contribution in [0, 0.1) is 11.8 Å². The van der Waals surface area contributed by atoms with Crippen LogP contribution in [0.5, 0.6) is 0 Å². The van der Waals surface area contributed by atoms with Gasteiger partial charge in [0.1, 0.15) is 6.67 Å². The van der Waals surface area contributed by atoms with E-state index in [-0.39, 0.29) is 0 Å². The molecule has 0 spiro atoms. The van der Waals surface area contributed by atoms with E-state index in [0.29, 0.717) is 17.9 Å². The first kappa shape index (κ1) is 23.1.